The molecule has 2 aromatic carbocycles. The highest BCUT2D eigenvalue weighted by atomic mass is 35.5. The largest absolute Gasteiger partial charge is 0.507 e. The number of rotatable bonds is 4. The molecule has 9 heteroatoms. The van der Waals surface area contributed by atoms with Crippen LogP contribution in [0.1, 0.15) is 17.4 Å². The number of furan rings is 1. The molecular formula is C22H14Cl2FNO5. The van der Waals surface area contributed by atoms with Crippen LogP contribution >= 0.6 is 23.2 Å². The lowest BCUT2D eigenvalue weighted by molar-refractivity contribution is -0.132. The molecule has 1 N–H and O–H groups in total. The Balaban J connectivity index is 1.99. The molecule has 158 valence electrons. The van der Waals surface area contributed by atoms with Crippen molar-refractivity contribution in [2.24, 2.45) is 0 Å². The lowest BCUT2D eigenvalue weighted by atomic mass is 9.98. The fourth-order valence-electron chi connectivity index (χ4n) is 3.53. The van der Waals surface area contributed by atoms with Gasteiger partial charge >= 0.3 is 0 Å². The third kappa shape index (κ3) is 3.56. The summed E-state index contributed by atoms with van der Waals surface area (Å²) in [4.78, 5) is 27.0. The summed E-state index contributed by atoms with van der Waals surface area (Å²) in [6.07, 6.45) is 1.36. The molecule has 0 aliphatic carbocycles. The van der Waals surface area contributed by atoms with Crippen molar-refractivity contribution in [1.29, 1.82) is 0 Å². The molecule has 31 heavy (non-hydrogen) atoms. The number of nitrogens with zero attached hydrogens (tertiary/aromatic N) is 1. The number of ketones is 1. The fourth-order valence-corrected chi connectivity index (χ4v) is 4.10. The topological polar surface area (TPSA) is 80.0 Å². The quantitative estimate of drug-likeness (QED) is 0.321. The Morgan fingerprint density at radius 2 is 1.94 bits per heavy atom. The molecule has 1 aliphatic rings. The van der Waals surface area contributed by atoms with Crippen molar-refractivity contribution in [2.75, 3.05) is 12.0 Å². The Hall–Kier alpha value is -3.29. The van der Waals surface area contributed by atoms with Crippen LogP contribution in [0.25, 0.3) is 5.76 Å². The number of halogens is 3. The molecule has 0 saturated carbocycles. The molecule has 6 nitrogen and oxygen atoms in total. The molecule has 1 amide bonds. The number of carbonyl (C=O) groups excluding carboxylic acids is 2. The van der Waals surface area contributed by atoms with E-state index in [9.17, 15) is 19.1 Å². The summed E-state index contributed by atoms with van der Waals surface area (Å²) in [5, 5.41) is 11.4. The van der Waals surface area contributed by atoms with Gasteiger partial charge in [-0.1, -0.05) is 29.3 Å². The molecule has 1 fully saturated rings. The minimum Gasteiger partial charge on any atom is -0.507 e. The Kier molecular flexibility index (Phi) is 5.47. The SMILES string of the molecule is COc1c(Cl)cc(Cl)cc1/C(O)=C1/C(=O)C(=O)N(c2cccc(F)c2)C1c1ccco1. The predicted octanol–water partition coefficient (Wildman–Crippen LogP) is 5.36. The first kappa shape index (κ1) is 21.0. The van der Waals surface area contributed by atoms with E-state index in [0.29, 0.717) is 0 Å². The molecule has 0 radical (unpaired) electrons. The van der Waals surface area contributed by atoms with Gasteiger partial charge < -0.3 is 14.3 Å². The third-order valence-corrected chi connectivity index (χ3v) is 5.31. The highest BCUT2D eigenvalue weighted by Crippen LogP contribution is 2.45. The Labute approximate surface area is 186 Å². The van der Waals surface area contributed by atoms with Crippen LogP contribution in [-0.4, -0.2) is 23.9 Å². The molecule has 0 bridgehead atoms. The van der Waals surface area contributed by atoms with Crippen LogP contribution in [0.2, 0.25) is 10.0 Å². The second kappa shape index (κ2) is 8.09. The van der Waals surface area contributed by atoms with Gasteiger partial charge in [0.25, 0.3) is 11.7 Å². The molecule has 1 unspecified atom stereocenters. The number of hydrogen-bond donors (Lipinski definition) is 1. The number of aliphatic hydroxyl groups excluding tert-OH is 1. The van der Waals surface area contributed by atoms with Gasteiger partial charge in [-0.25, -0.2) is 4.39 Å². The van der Waals surface area contributed by atoms with Crippen LogP contribution in [0.5, 0.6) is 5.75 Å². The van der Waals surface area contributed by atoms with Crippen LogP contribution in [0.4, 0.5) is 10.1 Å². The Morgan fingerprint density at radius 1 is 1.16 bits per heavy atom. The van der Waals surface area contributed by atoms with Gasteiger partial charge in [-0.2, -0.15) is 0 Å². The molecule has 0 spiro atoms. The predicted molar refractivity (Wildman–Crippen MR) is 113 cm³/mol. The van der Waals surface area contributed by atoms with Gasteiger partial charge in [0.15, 0.2) is 0 Å². The lowest BCUT2D eigenvalue weighted by Gasteiger charge is -2.23. The first-order valence-corrected chi connectivity index (χ1v) is 9.72. The Bertz CT molecular complexity index is 1220. The molecule has 4 rings (SSSR count). The van der Waals surface area contributed by atoms with E-state index in [2.05, 4.69) is 0 Å². The van der Waals surface area contributed by atoms with Gasteiger partial charge in [0, 0.05) is 10.7 Å². The first-order chi connectivity index (χ1) is 14.8. The van der Waals surface area contributed by atoms with Gasteiger partial charge in [-0.15, -0.1) is 0 Å². The Morgan fingerprint density at radius 3 is 2.58 bits per heavy atom. The average Bonchev–Trinajstić information content (AvgIpc) is 3.34. The average molecular weight is 462 g/mol. The van der Waals surface area contributed by atoms with Crippen molar-refractivity contribution in [3.63, 3.8) is 0 Å². The summed E-state index contributed by atoms with van der Waals surface area (Å²) >= 11 is 12.2. The van der Waals surface area contributed by atoms with E-state index < -0.39 is 29.3 Å². The summed E-state index contributed by atoms with van der Waals surface area (Å²) in [6, 6.07) is 9.92. The van der Waals surface area contributed by atoms with Gasteiger partial charge in [-0.05, 0) is 42.5 Å². The van der Waals surface area contributed by atoms with Crippen molar-refractivity contribution in [1.82, 2.24) is 0 Å². The second-order valence-corrected chi connectivity index (χ2v) is 7.48. The van der Waals surface area contributed by atoms with Crippen LogP contribution in [0.15, 0.2) is 64.8 Å². The minimum atomic E-state index is -1.15. The van der Waals surface area contributed by atoms with E-state index in [1.807, 2.05) is 0 Å². The molecule has 1 aromatic heterocycles. The standard InChI is InChI=1S/C22H14Cl2FNO5/c1-30-21-14(8-11(23)9-15(21)24)19(27)17-18(16-6-3-7-31-16)26(22(29)20(17)28)13-5-2-4-12(25)10-13/h2-10,18,27H,1H3/b19-17-. The number of ether oxygens (including phenoxy) is 1. The van der Waals surface area contributed by atoms with Gasteiger partial charge in [0.2, 0.25) is 0 Å². The van der Waals surface area contributed by atoms with Crippen molar-refractivity contribution in [3.05, 3.63) is 87.6 Å². The summed E-state index contributed by atoms with van der Waals surface area (Å²) in [7, 11) is 1.33. The smallest absolute Gasteiger partial charge is 0.300 e. The van der Waals surface area contributed by atoms with Crippen molar-refractivity contribution < 1.29 is 28.2 Å². The van der Waals surface area contributed by atoms with Crippen molar-refractivity contribution in [2.45, 2.75) is 6.04 Å². The number of carbonyl (C=O) groups is 2. The summed E-state index contributed by atoms with van der Waals surface area (Å²) < 4.78 is 24.6. The van der Waals surface area contributed by atoms with E-state index in [4.69, 9.17) is 32.4 Å². The second-order valence-electron chi connectivity index (χ2n) is 6.63. The number of methoxy groups -OCH3 is 1. The molecular weight excluding hydrogens is 448 g/mol. The number of hydrogen-bond acceptors (Lipinski definition) is 5. The summed E-state index contributed by atoms with van der Waals surface area (Å²) in [5.74, 6) is -2.83. The molecule has 1 atom stereocenters. The maximum Gasteiger partial charge on any atom is 0.300 e. The number of Topliss-reactive ketones (excluding diaryl/α,β-unsaturated/α-hetero) is 1. The number of benzene rings is 2. The van der Waals surface area contributed by atoms with E-state index in [1.165, 1.54) is 49.8 Å². The first-order valence-electron chi connectivity index (χ1n) is 8.97. The molecule has 3 aromatic rings. The third-order valence-electron chi connectivity index (χ3n) is 4.81. The van der Waals surface area contributed by atoms with Gasteiger partial charge in [0.1, 0.15) is 29.1 Å². The number of aliphatic hydroxyl groups is 1. The maximum atomic E-state index is 13.9. The fraction of sp³-hybridized carbons (Fsp3) is 0.0909. The number of anilines is 1. The zero-order valence-electron chi connectivity index (χ0n) is 15.9. The van der Waals surface area contributed by atoms with Crippen LogP contribution in [0.3, 0.4) is 0 Å². The highest BCUT2D eigenvalue weighted by molar-refractivity contribution is 6.51. The number of amides is 1. The normalized spacial score (nSPS) is 17.9. The van der Waals surface area contributed by atoms with Crippen molar-refractivity contribution >= 4 is 46.3 Å². The molecule has 1 saturated heterocycles. The summed E-state index contributed by atoms with van der Waals surface area (Å²) in [6.45, 7) is 0. The minimum absolute atomic E-state index is 0.0220. The van der Waals surface area contributed by atoms with E-state index in [-0.39, 0.29) is 38.4 Å². The van der Waals surface area contributed by atoms with Crippen LogP contribution < -0.4 is 9.64 Å². The van der Waals surface area contributed by atoms with Gasteiger partial charge in [-0.3, -0.25) is 14.5 Å². The monoisotopic (exact) mass is 461 g/mol. The summed E-state index contributed by atoms with van der Waals surface area (Å²) in [5.41, 5.74) is -0.131. The van der Waals surface area contributed by atoms with Crippen LogP contribution in [0, 0.1) is 5.82 Å². The van der Waals surface area contributed by atoms with Crippen LogP contribution in [-0.2, 0) is 9.59 Å². The zero-order valence-corrected chi connectivity index (χ0v) is 17.4. The molecule has 2 heterocycles. The molecule has 1 aliphatic heterocycles. The zero-order chi connectivity index (χ0) is 22.3. The highest BCUT2D eigenvalue weighted by Gasteiger charge is 2.48. The van der Waals surface area contributed by atoms with Gasteiger partial charge in [0.05, 0.1) is 29.5 Å². The van der Waals surface area contributed by atoms with E-state index in [1.54, 1.807) is 6.07 Å². The van der Waals surface area contributed by atoms with E-state index in [0.717, 1.165) is 11.0 Å². The van der Waals surface area contributed by atoms with Crippen molar-refractivity contribution in [3.8, 4) is 5.75 Å². The lowest BCUT2D eigenvalue weighted by Crippen LogP contribution is -2.29. The van der Waals surface area contributed by atoms with E-state index >= 15 is 0 Å². The maximum absolute atomic E-state index is 13.9.